The molecule has 3 aromatic rings. The first kappa shape index (κ1) is 13.4. The largest absolute Gasteiger partial charge is 0.457 e. The fraction of sp³-hybridized carbons (Fsp3) is 0.118. The Morgan fingerprint density at radius 3 is 2.48 bits per heavy atom. The second kappa shape index (κ2) is 5.81. The molecule has 1 unspecified atom stereocenters. The Bertz CT molecular complexity index is 722. The summed E-state index contributed by atoms with van der Waals surface area (Å²) in [5.74, 6) is 1.46. The van der Waals surface area contributed by atoms with Crippen LogP contribution in [0, 0.1) is 0 Å². The molecule has 0 aliphatic heterocycles. The number of hydrogen-bond acceptors (Lipinski definition) is 3. The molecule has 1 heterocycles. The molecular weight excluding hydrogens is 264 g/mol. The summed E-state index contributed by atoms with van der Waals surface area (Å²) in [4.78, 5) is 0. The molecule has 4 heteroatoms. The zero-order valence-electron chi connectivity index (χ0n) is 11.7. The van der Waals surface area contributed by atoms with E-state index in [9.17, 15) is 5.11 Å². The third-order valence-corrected chi connectivity index (χ3v) is 3.19. The summed E-state index contributed by atoms with van der Waals surface area (Å²) in [6.07, 6.45) is 2.75. The average molecular weight is 280 g/mol. The summed E-state index contributed by atoms with van der Waals surface area (Å²) in [6, 6.07) is 17.0. The van der Waals surface area contributed by atoms with E-state index in [0.29, 0.717) is 5.75 Å². The van der Waals surface area contributed by atoms with Crippen LogP contribution in [0.15, 0.2) is 67.0 Å². The molecule has 2 aromatic carbocycles. The first-order chi connectivity index (χ1) is 10.2. The number of aliphatic hydroxyl groups is 1. The third-order valence-electron chi connectivity index (χ3n) is 3.19. The maximum absolute atomic E-state index is 10.4. The Morgan fingerprint density at radius 2 is 1.76 bits per heavy atom. The smallest absolute Gasteiger partial charge is 0.127 e. The molecule has 0 bridgehead atoms. The van der Waals surface area contributed by atoms with Crippen molar-refractivity contribution in [2.24, 2.45) is 7.05 Å². The van der Waals surface area contributed by atoms with Crippen molar-refractivity contribution >= 4 is 0 Å². The van der Waals surface area contributed by atoms with E-state index < -0.39 is 6.10 Å². The van der Waals surface area contributed by atoms with E-state index in [1.54, 1.807) is 17.1 Å². The van der Waals surface area contributed by atoms with Gasteiger partial charge in [-0.15, -0.1) is 0 Å². The molecule has 4 nitrogen and oxygen atoms in total. The van der Waals surface area contributed by atoms with E-state index in [0.717, 1.165) is 16.9 Å². The van der Waals surface area contributed by atoms with Gasteiger partial charge in [-0.25, -0.2) is 0 Å². The number of para-hydroxylation sites is 1. The van der Waals surface area contributed by atoms with Gasteiger partial charge in [0, 0.05) is 18.8 Å². The lowest BCUT2D eigenvalue weighted by Crippen LogP contribution is -1.98. The molecule has 3 rings (SSSR count). The van der Waals surface area contributed by atoms with Crippen molar-refractivity contribution < 1.29 is 9.84 Å². The van der Waals surface area contributed by atoms with Gasteiger partial charge in [-0.05, 0) is 29.8 Å². The van der Waals surface area contributed by atoms with E-state index in [1.165, 1.54) is 0 Å². The minimum atomic E-state index is -0.710. The number of benzene rings is 2. The number of ether oxygens (including phenoxy) is 1. The molecule has 0 amide bonds. The molecular formula is C17H16N2O2. The van der Waals surface area contributed by atoms with Gasteiger partial charge in [0.1, 0.15) is 17.6 Å². The molecule has 0 spiro atoms. The van der Waals surface area contributed by atoms with Crippen LogP contribution in [0.2, 0.25) is 0 Å². The van der Waals surface area contributed by atoms with Gasteiger partial charge in [-0.2, -0.15) is 5.10 Å². The highest BCUT2D eigenvalue weighted by molar-refractivity contribution is 5.37. The second-order valence-corrected chi connectivity index (χ2v) is 4.84. The van der Waals surface area contributed by atoms with Crippen LogP contribution < -0.4 is 4.74 Å². The summed E-state index contributed by atoms with van der Waals surface area (Å²) in [6.45, 7) is 0. The normalized spacial score (nSPS) is 12.1. The van der Waals surface area contributed by atoms with Crippen LogP contribution in [0.25, 0.3) is 0 Å². The molecule has 1 N–H and O–H groups in total. The number of hydrogen-bond donors (Lipinski definition) is 1. The molecule has 0 aliphatic carbocycles. The zero-order valence-corrected chi connectivity index (χ0v) is 11.7. The van der Waals surface area contributed by atoms with Crippen molar-refractivity contribution in [2.75, 3.05) is 0 Å². The van der Waals surface area contributed by atoms with Gasteiger partial charge >= 0.3 is 0 Å². The summed E-state index contributed by atoms with van der Waals surface area (Å²) in [5, 5.41) is 14.5. The van der Waals surface area contributed by atoms with Crippen molar-refractivity contribution in [3.8, 4) is 11.5 Å². The van der Waals surface area contributed by atoms with Crippen LogP contribution in [-0.2, 0) is 7.05 Å². The van der Waals surface area contributed by atoms with Crippen LogP contribution >= 0.6 is 0 Å². The van der Waals surface area contributed by atoms with Gasteiger partial charge < -0.3 is 9.84 Å². The molecule has 21 heavy (non-hydrogen) atoms. The highest BCUT2D eigenvalue weighted by atomic mass is 16.5. The van der Waals surface area contributed by atoms with Gasteiger partial charge in [0.25, 0.3) is 0 Å². The third kappa shape index (κ3) is 3.12. The summed E-state index contributed by atoms with van der Waals surface area (Å²) >= 11 is 0. The van der Waals surface area contributed by atoms with Crippen molar-refractivity contribution in [3.63, 3.8) is 0 Å². The van der Waals surface area contributed by atoms with Crippen molar-refractivity contribution in [1.29, 1.82) is 0 Å². The van der Waals surface area contributed by atoms with E-state index in [4.69, 9.17) is 4.74 Å². The predicted octanol–water partition coefficient (Wildman–Crippen LogP) is 3.29. The first-order valence-corrected chi connectivity index (χ1v) is 6.72. The quantitative estimate of drug-likeness (QED) is 0.797. The van der Waals surface area contributed by atoms with E-state index in [2.05, 4.69) is 5.10 Å². The van der Waals surface area contributed by atoms with E-state index in [1.807, 2.05) is 61.6 Å². The molecule has 0 radical (unpaired) electrons. The predicted molar refractivity (Wildman–Crippen MR) is 80.2 cm³/mol. The zero-order chi connectivity index (χ0) is 14.7. The van der Waals surface area contributed by atoms with Crippen molar-refractivity contribution in [2.45, 2.75) is 6.10 Å². The maximum atomic E-state index is 10.4. The lowest BCUT2D eigenvalue weighted by Gasteiger charge is -2.11. The Morgan fingerprint density at radius 1 is 1.00 bits per heavy atom. The fourth-order valence-corrected chi connectivity index (χ4v) is 2.15. The SMILES string of the molecule is Cn1cc(C(O)c2cccc(Oc3ccccc3)c2)cn1. The van der Waals surface area contributed by atoms with Gasteiger partial charge in [0.05, 0.1) is 6.20 Å². The molecule has 0 fully saturated rings. The van der Waals surface area contributed by atoms with Crippen molar-refractivity contribution in [3.05, 3.63) is 78.1 Å². The van der Waals surface area contributed by atoms with Gasteiger partial charge in [-0.1, -0.05) is 30.3 Å². The summed E-state index contributed by atoms with van der Waals surface area (Å²) in [7, 11) is 1.82. The van der Waals surface area contributed by atoms with Crippen LogP contribution in [0.3, 0.4) is 0 Å². The molecule has 0 saturated heterocycles. The maximum Gasteiger partial charge on any atom is 0.127 e. The number of aliphatic hydroxyl groups excluding tert-OH is 1. The lowest BCUT2D eigenvalue weighted by molar-refractivity contribution is 0.220. The van der Waals surface area contributed by atoms with Crippen LogP contribution in [0.5, 0.6) is 11.5 Å². The molecule has 1 atom stereocenters. The Kier molecular flexibility index (Phi) is 3.71. The second-order valence-electron chi connectivity index (χ2n) is 4.84. The van der Waals surface area contributed by atoms with Crippen LogP contribution in [0.1, 0.15) is 17.2 Å². The lowest BCUT2D eigenvalue weighted by atomic mass is 10.0. The Labute approximate surface area is 123 Å². The summed E-state index contributed by atoms with van der Waals surface area (Å²) in [5.41, 5.74) is 1.53. The highest BCUT2D eigenvalue weighted by Gasteiger charge is 2.13. The molecule has 0 aliphatic rings. The summed E-state index contributed by atoms with van der Waals surface area (Å²) < 4.78 is 7.45. The number of rotatable bonds is 4. The Hall–Kier alpha value is -2.59. The monoisotopic (exact) mass is 280 g/mol. The number of aryl methyl sites for hydroxylation is 1. The van der Waals surface area contributed by atoms with E-state index >= 15 is 0 Å². The Balaban J connectivity index is 1.83. The number of aromatic nitrogens is 2. The first-order valence-electron chi connectivity index (χ1n) is 6.72. The fourth-order valence-electron chi connectivity index (χ4n) is 2.15. The standard InChI is InChI=1S/C17H16N2O2/c1-19-12-14(11-18-19)17(20)13-6-5-9-16(10-13)21-15-7-3-2-4-8-15/h2-12,17,20H,1H3. The number of nitrogens with zero attached hydrogens (tertiary/aromatic N) is 2. The van der Waals surface area contributed by atoms with Crippen LogP contribution in [-0.4, -0.2) is 14.9 Å². The highest BCUT2D eigenvalue weighted by Crippen LogP contribution is 2.27. The molecule has 1 aromatic heterocycles. The molecule has 0 saturated carbocycles. The van der Waals surface area contributed by atoms with Gasteiger partial charge in [0.15, 0.2) is 0 Å². The van der Waals surface area contributed by atoms with Gasteiger partial charge in [0.2, 0.25) is 0 Å². The van der Waals surface area contributed by atoms with E-state index in [-0.39, 0.29) is 0 Å². The van der Waals surface area contributed by atoms with Crippen LogP contribution in [0.4, 0.5) is 0 Å². The minimum Gasteiger partial charge on any atom is -0.457 e. The van der Waals surface area contributed by atoms with Gasteiger partial charge in [-0.3, -0.25) is 4.68 Å². The van der Waals surface area contributed by atoms with Crippen molar-refractivity contribution in [1.82, 2.24) is 9.78 Å². The molecule has 106 valence electrons. The topological polar surface area (TPSA) is 47.3 Å². The average Bonchev–Trinajstić information content (AvgIpc) is 2.94. The minimum absolute atomic E-state index is 0.696.